The van der Waals surface area contributed by atoms with Crippen molar-refractivity contribution in [1.82, 2.24) is 5.32 Å². The van der Waals surface area contributed by atoms with Crippen LogP contribution in [0.25, 0.3) is 0 Å². The van der Waals surface area contributed by atoms with Crippen molar-refractivity contribution in [1.29, 1.82) is 5.26 Å². The van der Waals surface area contributed by atoms with E-state index in [0.29, 0.717) is 16.7 Å². The van der Waals surface area contributed by atoms with Crippen molar-refractivity contribution in [3.63, 3.8) is 0 Å². The third-order valence-electron chi connectivity index (χ3n) is 3.31. The predicted molar refractivity (Wildman–Crippen MR) is 88.5 cm³/mol. The Hall–Kier alpha value is -2.64. The van der Waals surface area contributed by atoms with Crippen molar-refractivity contribution in [3.05, 3.63) is 71.3 Å². The molecule has 1 amide bonds. The Morgan fingerprint density at radius 1 is 1.09 bits per heavy atom. The SMILES string of the molecule is N#CC(Cl)Cc1ccccc1C(=O)NCC(=O)c1ccccc1. The van der Waals surface area contributed by atoms with Crippen molar-refractivity contribution in [2.45, 2.75) is 11.8 Å². The number of hydrogen-bond acceptors (Lipinski definition) is 3. The van der Waals surface area contributed by atoms with Crippen molar-refractivity contribution >= 4 is 23.3 Å². The molecule has 2 aromatic rings. The lowest BCUT2D eigenvalue weighted by molar-refractivity contribution is 0.0903. The summed E-state index contributed by atoms with van der Waals surface area (Å²) in [6.07, 6.45) is 0.272. The maximum absolute atomic E-state index is 12.3. The molecule has 0 saturated carbocycles. The lowest BCUT2D eigenvalue weighted by atomic mass is 10.0. The summed E-state index contributed by atoms with van der Waals surface area (Å²) in [5, 5.41) is 10.7. The smallest absolute Gasteiger partial charge is 0.251 e. The number of nitrogens with one attached hydrogen (secondary N) is 1. The van der Waals surface area contributed by atoms with E-state index < -0.39 is 5.38 Å². The van der Waals surface area contributed by atoms with Gasteiger partial charge in [-0.25, -0.2) is 0 Å². The zero-order valence-corrected chi connectivity index (χ0v) is 13.1. The Balaban J connectivity index is 2.04. The first-order valence-electron chi connectivity index (χ1n) is 7.10. The summed E-state index contributed by atoms with van der Waals surface area (Å²) in [7, 11) is 0. The number of ketones is 1. The number of Topliss-reactive ketones (excluding diaryl/α,β-unsaturated/α-hetero) is 1. The lowest BCUT2D eigenvalue weighted by Gasteiger charge is -2.10. The molecule has 0 spiro atoms. The van der Waals surface area contributed by atoms with Crippen LogP contribution in [0.1, 0.15) is 26.3 Å². The topological polar surface area (TPSA) is 70.0 Å². The Kier molecular flexibility index (Phi) is 5.90. The lowest BCUT2D eigenvalue weighted by Crippen LogP contribution is -2.30. The largest absolute Gasteiger partial charge is 0.345 e. The highest BCUT2D eigenvalue weighted by atomic mass is 35.5. The maximum atomic E-state index is 12.3. The molecule has 2 aromatic carbocycles. The third kappa shape index (κ3) is 4.67. The molecule has 1 atom stereocenters. The van der Waals surface area contributed by atoms with Crippen LogP contribution < -0.4 is 5.32 Å². The van der Waals surface area contributed by atoms with Gasteiger partial charge in [0.15, 0.2) is 5.78 Å². The van der Waals surface area contributed by atoms with Crippen LogP contribution in [-0.2, 0) is 6.42 Å². The number of rotatable bonds is 6. The van der Waals surface area contributed by atoms with Gasteiger partial charge in [-0.1, -0.05) is 48.5 Å². The van der Waals surface area contributed by atoms with Crippen LogP contribution >= 0.6 is 11.6 Å². The molecule has 1 unspecified atom stereocenters. The molecule has 0 fully saturated rings. The van der Waals surface area contributed by atoms with Gasteiger partial charge in [-0.15, -0.1) is 11.6 Å². The van der Waals surface area contributed by atoms with E-state index in [0.717, 1.165) is 0 Å². The van der Waals surface area contributed by atoms with Crippen LogP contribution in [0.3, 0.4) is 0 Å². The Labute approximate surface area is 139 Å². The van der Waals surface area contributed by atoms with Gasteiger partial charge in [-0.3, -0.25) is 9.59 Å². The minimum Gasteiger partial charge on any atom is -0.345 e. The van der Waals surface area contributed by atoms with Gasteiger partial charge in [0.1, 0.15) is 5.38 Å². The van der Waals surface area contributed by atoms with Gasteiger partial charge in [0.25, 0.3) is 5.91 Å². The van der Waals surface area contributed by atoms with Gasteiger partial charge in [0.05, 0.1) is 12.6 Å². The fraction of sp³-hybridized carbons (Fsp3) is 0.167. The first-order chi connectivity index (χ1) is 11.1. The second-order valence-corrected chi connectivity index (χ2v) is 5.46. The second kappa shape index (κ2) is 8.11. The molecule has 1 N–H and O–H groups in total. The zero-order chi connectivity index (χ0) is 16.7. The standard InChI is InChI=1S/C18H15ClN2O2/c19-15(11-20)10-14-8-4-5-9-16(14)18(23)21-12-17(22)13-6-2-1-3-7-13/h1-9,15H,10,12H2,(H,21,23). The maximum Gasteiger partial charge on any atom is 0.251 e. The predicted octanol–water partition coefficient (Wildman–Crippen LogP) is 2.97. The molecule has 116 valence electrons. The van der Waals surface area contributed by atoms with Gasteiger partial charge in [0.2, 0.25) is 0 Å². The molecule has 0 saturated heterocycles. The molecular formula is C18H15ClN2O2. The molecule has 0 aliphatic carbocycles. The molecule has 23 heavy (non-hydrogen) atoms. The quantitative estimate of drug-likeness (QED) is 0.655. The van der Waals surface area contributed by atoms with Gasteiger partial charge in [-0.2, -0.15) is 5.26 Å². The van der Waals surface area contributed by atoms with Crippen LogP contribution in [0.4, 0.5) is 0 Å². The average molecular weight is 327 g/mol. The molecule has 0 aliphatic rings. The monoisotopic (exact) mass is 326 g/mol. The van der Waals surface area contributed by atoms with Crippen LogP contribution in [0.5, 0.6) is 0 Å². The number of hydrogen-bond donors (Lipinski definition) is 1. The Morgan fingerprint density at radius 2 is 1.74 bits per heavy atom. The van der Waals surface area contributed by atoms with E-state index in [9.17, 15) is 9.59 Å². The Morgan fingerprint density at radius 3 is 2.43 bits per heavy atom. The number of nitrogens with zero attached hydrogens (tertiary/aromatic N) is 1. The number of carbonyl (C=O) groups is 2. The fourth-order valence-electron chi connectivity index (χ4n) is 2.14. The summed E-state index contributed by atoms with van der Waals surface area (Å²) in [6, 6.07) is 17.6. The van der Waals surface area contributed by atoms with Gasteiger partial charge < -0.3 is 5.32 Å². The minimum atomic E-state index is -0.699. The fourth-order valence-corrected chi connectivity index (χ4v) is 2.31. The van der Waals surface area contributed by atoms with Crippen molar-refractivity contribution in [3.8, 4) is 6.07 Å². The highest BCUT2D eigenvalue weighted by molar-refractivity contribution is 6.22. The van der Waals surface area contributed by atoms with Crippen molar-refractivity contribution in [2.75, 3.05) is 6.54 Å². The molecule has 4 nitrogen and oxygen atoms in total. The van der Waals surface area contributed by atoms with Crippen LogP contribution in [0.15, 0.2) is 54.6 Å². The van der Waals surface area contributed by atoms with E-state index in [4.69, 9.17) is 16.9 Å². The second-order valence-electron chi connectivity index (χ2n) is 4.93. The van der Waals surface area contributed by atoms with Crippen LogP contribution in [0.2, 0.25) is 0 Å². The summed E-state index contributed by atoms with van der Waals surface area (Å²) < 4.78 is 0. The van der Waals surface area contributed by atoms with Gasteiger partial charge in [0, 0.05) is 17.5 Å². The van der Waals surface area contributed by atoms with E-state index in [1.807, 2.05) is 12.1 Å². The summed E-state index contributed by atoms with van der Waals surface area (Å²) in [5.41, 5.74) is 1.65. The molecule has 5 heteroatoms. The number of nitriles is 1. The van der Waals surface area contributed by atoms with Crippen molar-refractivity contribution in [2.24, 2.45) is 0 Å². The first-order valence-corrected chi connectivity index (χ1v) is 7.53. The first kappa shape index (κ1) is 16.7. The molecular weight excluding hydrogens is 312 g/mol. The summed E-state index contributed by atoms with van der Waals surface area (Å²) in [5.74, 6) is -0.518. The molecule has 0 aliphatic heterocycles. The number of amides is 1. The van der Waals surface area contributed by atoms with Gasteiger partial charge >= 0.3 is 0 Å². The third-order valence-corrected chi connectivity index (χ3v) is 3.56. The molecule has 0 aromatic heterocycles. The minimum absolute atomic E-state index is 0.0836. The van der Waals surface area contributed by atoms with Gasteiger partial charge in [-0.05, 0) is 11.6 Å². The van der Waals surface area contributed by atoms with E-state index in [2.05, 4.69) is 5.32 Å². The normalized spacial score (nSPS) is 11.3. The highest BCUT2D eigenvalue weighted by Gasteiger charge is 2.15. The van der Waals surface area contributed by atoms with E-state index in [-0.39, 0.29) is 24.7 Å². The molecule has 2 rings (SSSR count). The number of halogens is 1. The number of carbonyl (C=O) groups excluding carboxylic acids is 2. The summed E-state index contributed by atoms with van der Waals surface area (Å²) in [4.78, 5) is 24.3. The number of benzene rings is 2. The zero-order valence-electron chi connectivity index (χ0n) is 12.3. The van der Waals surface area contributed by atoms with Crippen LogP contribution in [0, 0.1) is 11.3 Å². The van der Waals surface area contributed by atoms with E-state index in [1.54, 1.807) is 48.5 Å². The summed E-state index contributed by atoms with van der Waals surface area (Å²) in [6.45, 7) is -0.0836. The van der Waals surface area contributed by atoms with E-state index >= 15 is 0 Å². The van der Waals surface area contributed by atoms with E-state index in [1.165, 1.54) is 0 Å². The molecule has 0 radical (unpaired) electrons. The summed E-state index contributed by atoms with van der Waals surface area (Å²) >= 11 is 5.84. The van der Waals surface area contributed by atoms with Crippen LogP contribution in [-0.4, -0.2) is 23.6 Å². The van der Waals surface area contributed by atoms with Crippen molar-refractivity contribution < 1.29 is 9.59 Å². The molecule has 0 bridgehead atoms. The molecule has 0 heterocycles. The average Bonchev–Trinajstić information content (AvgIpc) is 2.60. The Bertz CT molecular complexity index is 738. The number of alkyl halides is 1. The highest BCUT2D eigenvalue weighted by Crippen LogP contribution is 2.13.